The number of halogens is 1. The number of fused-ring (bicyclic) bond motifs is 1. The Morgan fingerprint density at radius 1 is 1.18 bits per heavy atom. The van der Waals surface area contributed by atoms with Crippen LogP contribution < -0.4 is 4.90 Å². The zero-order valence-corrected chi connectivity index (χ0v) is 13.7. The van der Waals surface area contributed by atoms with Gasteiger partial charge in [0.15, 0.2) is 11.5 Å². The number of anilines is 1. The second kappa shape index (κ2) is 5.72. The van der Waals surface area contributed by atoms with Crippen molar-refractivity contribution in [3.05, 3.63) is 53.0 Å². The Morgan fingerprint density at radius 3 is 2.91 bits per heavy atom. The van der Waals surface area contributed by atoms with Gasteiger partial charge in [0.05, 0.1) is 5.92 Å². The maximum absolute atomic E-state index is 5.95. The number of benzene rings is 1. The van der Waals surface area contributed by atoms with Crippen LogP contribution in [0.5, 0.6) is 0 Å². The Labute approximate surface area is 137 Å². The first-order chi connectivity index (χ1) is 10.8. The normalized spacial score (nSPS) is 18.8. The molecule has 1 saturated heterocycles. The van der Waals surface area contributed by atoms with E-state index >= 15 is 0 Å². The second-order valence-corrected chi connectivity index (χ2v) is 6.56. The highest BCUT2D eigenvalue weighted by Crippen LogP contribution is 2.30. The highest BCUT2D eigenvalue weighted by atomic mass is 79.9. The second-order valence-electron chi connectivity index (χ2n) is 5.64. The van der Waals surface area contributed by atoms with Crippen molar-refractivity contribution in [2.24, 2.45) is 0 Å². The standard InChI is InChI=1S/C17H16BrN3O/c18-13-7-8-16(19-10-13)21-9-3-4-12(11-21)17-20-14-5-1-2-6-15(14)22-17/h1-2,5-8,10,12H,3-4,9,11H2. The molecule has 1 atom stereocenters. The Kier molecular flexibility index (Phi) is 3.58. The molecule has 1 aliphatic heterocycles. The average molecular weight is 358 g/mol. The van der Waals surface area contributed by atoms with Crippen LogP contribution in [0.3, 0.4) is 0 Å². The quantitative estimate of drug-likeness (QED) is 0.682. The molecule has 2 aromatic heterocycles. The number of para-hydroxylation sites is 2. The van der Waals surface area contributed by atoms with Gasteiger partial charge in [-0.25, -0.2) is 9.97 Å². The Hall–Kier alpha value is -1.88. The fourth-order valence-corrected chi connectivity index (χ4v) is 3.24. The molecule has 0 saturated carbocycles. The van der Waals surface area contributed by atoms with E-state index in [1.165, 1.54) is 0 Å². The van der Waals surface area contributed by atoms with Crippen LogP contribution in [0.2, 0.25) is 0 Å². The number of piperidine rings is 1. The van der Waals surface area contributed by atoms with E-state index in [-0.39, 0.29) is 0 Å². The number of pyridine rings is 1. The van der Waals surface area contributed by atoms with Crippen LogP contribution in [0.1, 0.15) is 24.7 Å². The Bertz CT molecular complexity index is 751. The van der Waals surface area contributed by atoms with Crippen LogP contribution >= 0.6 is 15.9 Å². The molecule has 5 heteroatoms. The molecule has 0 aliphatic carbocycles. The van der Waals surface area contributed by atoms with Gasteiger partial charge in [0.1, 0.15) is 11.3 Å². The average Bonchev–Trinajstić information content (AvgIpc) is 3.00. The fraction of sp³-hybridized carbons (Fsp3) is 0.294. The summed E-state index contributed by atoms with van der Waals surface area (Å²) in [5.41, 5.74) is 1.81. The number of aromatic nitrogens is 2. The minimum absolute atomic E-state index is 0.326. The van der Waals surface area contributed by atoms with Gasteiger partial charge in [0.2, 0.25) is 0 Å². The molecule has 0 radical (unpaired) electrons. The van der Waals surface area contributed by atoms with Crippen molar-refractivity contribution in [2.75, 3.05) is 18.0 Å². The van der Waals surface area contributed by atoms with Gasteiger partial charge in [0, 0.05) is 23.8 Å². The summed E-state index contributed by atoms with van der Waals surface area (Å²) in [4.78, 5) is 11.5. The highest BCUT2D eigenvalue weighted by molar-refractivity contribution is 9.10. The molecule has 0 N–H and O–H groups in total. The molecule has 0 amide bonds. The molecule has 3 heterocycles. The van der Waals surface area contributed by atoms with E-state index in [1.54, 1.807) is 0 Å². The molecule has 112 valence electrons. The summed E-state index contributed by atoms with van der Waals surface area (Å²) in [7, 11) is 0. The summed E-state index contributed by atoms with van der Waals surface area (Å²) >= 11 is 3.43. The number of rotatable bonds is 2. The van der Waals surface area contributed by atoms with E-state index in [0.29, 0.717) is 5.92 Å². The zero-order chi connectivity index (χ0) is 14.9. The summed E-state index contributed by atoms with van der Waals surface area (Å²) in [5, 5.41) is 0. The lowest BCUT2D eigenvalue weighted by Crippen LogP contribution is -2.35. The molecule has 0 bridgehead atoms. The lowest BCUT2D eigenvalue weighted by atomic mass is 9.98. The van der Waals surface area contributed by atoms with E-state index in [9.17, 15) is 0 Å². The molecular weight excluding hydrogens is 342 g/mol. The SMILES string of the molecule is Brc1ccc(N2CCCC(c3nc4ccccc4o3)C2)nc1. The van der Waals surface area contributed by atoms with Crippen LogP contribution in [0, 0.1) is 0 Å². The van der Waals surface area contributed by atoms with Gasteiger partial charge in [-0.1, -0.05) is 12.1 Å². The third-order valence-electron chi connectivity index (χ3n) is 4.12. The van der Waals surface area contributed by atoms with Crippen molar-refractivity contribution < 1.29 is 4.42 Å². The van der Waals surface area contributed by atoms with Gasteiger partial charge in [-0.3, -0.25) is 0 Å². The van der Waals surface area contributed by atoms with Crippen molar-refractivity contribution >= 4 is 32.8 Å². The summed E-state index contributed by atoms with van der Waals surface area (Å²) in [5.74, 6) is 2.19. The predicted molar refractivity (Wildman–Crippen MR) is 90.1 cm³/mol. The molecule has 1 unspecified atom stereocenters. The molecule has 3 aromatic rings. The van der Waals surface area contributed by atoms with Gasteiger partial charge >= 0.3 is 0 Å². The number of hydrogen-bond donors (Lipinski definition) is 0. The van der Waals surface area contributed by atoms with Crippen LogP contribution in [-0.2, 0) is 0 Å². The van der Waals surface area contributed by atoms with Gasteiger partial charge in [-0.15, -0.1) is 0 Å². The number of nitrogens with zero attached hydrogens (tertiary/aromatic N) is 3. The Morgan fingerprint density at radius 2 is 2.09 bits per heavy atom. The van der Waals surface area contributed by atoms with Crippen molar-refractivity contribution in [2.45, 2.75) is 18.8 Å². The third-order valence-corrected chi connectivity index (χ3v) is 4.59. The van der Waals surface area contributed by atoms with Crippen molar-refractivity contribution in [1.82, 2.24) is 9.97 Å². The van der Waals surface area contributed by atoms with Crippen LogP contribution in [-0.4, -0.2) is 23.1 Å². The van der Waals surface area contributed by atoms with E-state index in [4.69, 9.17) is 4.42 Å². The molecule has 1 aliphatic rings. The zero-order valence-electron chi connectivity index (χ0n) is 12.1. The van der Waals surface area contributed by atoms with Crippen LogP contribution in [0.4, 0.5) is 5.82 Å². The maximum Gasteiger partial charge on any atom is 0.200 e. The first-order valence-corrected chi connectivity index (χ1v) is 8.31. The lowest BCUT2D eigenvalue weighted by Gasteiger charge is -2.32. The molecule has 4 rings (SSSR count). The van der Waals surface area contributed by atoms with E-state index < -0.39 is 0 Å². The topological polar surface area (TPSA) is 42.2 Å². The van der Waals surface area contributed by atoms with Gasteiger partial charge < -0.3 is 9.32 Å². The molecule has 0 spiro atoms. The van der Waals surface area contributed by atoms with Crippen LogP contribution in [0.15, 0.2) is 51.5 Å². The fourth-order valence-electron chi connectivity index (χ4n) is 3.01. The molecule has 22 heavy (non-hydrogen) atoms. The highest BCUT2D eigenvalue weighted by Gasteiger charge is 2.26. The molecule has 1 aromatic carbocycles. The van der Waals surface area contributed by atoms with Gasteiger partial charge in [-0.05, 0) is 53.0 Å². The van der Waals surface area contributed by atoms with E-state index in [1.807, 2.05) is 36.5 Å². The molecular formula is C17H16BrN3O. The maximum atomic E-state index is 5.95. The largest absolute Gasteiger partial charge is 0.440 e. The molecule has 1 fully saturated rings. The number of hydrogen-bond acceptors (Lipinski definition) is 4. The monoisotopic (exact) mass is 357 g/mol. The van der Waals surface area contributed by atoms with Crippen molar-refractivity contribution in [1.29, 1.82) is 0 Å². The first-order valence-electron chi connectivity index (χ1n) is 7.51. The lowest BCUT2D eigenvalue weighted by molar-refractivity contribution is 0.412. The van der Waals surface area contributed by atoms with Crippen molar-refractivity contribution in [3.63, 3.8) is 0 Å². The Balaban J connectivity index is 1.58. The van der Waals surface area contributed by atoms with Crippen molar-refractivity contribution in [3.8, 4) is 0 Å². The smallest absolute Gasteiger partial charge is 0.200 e. The van der Waals surface area contributed by atoms with E-state index in [0.717, 1.165) is 53.2 Å². The summed E-state index contributed by atoms with van der Waals surface area (Å²) in [6, 6.07) is 12.0. The van der Waals surface area contributed by atoms with Gasteiger partial charge in [0.25, 0.3) is 0 Å². The van der Waals surface area contributed by atoms with E-state index in [2.05, 4.69) is 36.9 Å². The predicted octanol–water partition coefficient (Wildman–Crippen LogP) is 4.37. The van der Waals surface area contributed by atoms with Gasteiger partial charge in [-0.2, -0.15) is 0 Å². The van der Waals surface area contributed by atoms with Crippen LogP contribution in [0.25, 0.3) is 11.1 Å². The molecule has 4 nitrogen and oxygen atoms in total. The third kappa shape index (κ3) is 2.61. The minimum atomic E-state index is 0.326. The minimum Gasteiger partial charge on any atom is -0.440 e. The summed E-state index contributed by atoms with van der Waals surface area (Å²) < 4.78 is 6.95. The number of oxazole rings is 1. The summed E-state index contributed by atoms with van der Waals surface area (Å²) in [6.07, 6.45) is 4.08. The summed E-state index contributed by atoms with van der Waals surface area (Å²) in [6.45, 7) is 1.94. The first kappa shape index (κ1) is 13.8.